The summed E-state index contributed by atoms with van der Waals surface area (Å²) in [5, 5.41) is 13.8. The van der Waals surface area contributed by atoms with Crippen LogP contribution in [0.1, 0.15) is 12.1 Å². The van der Waals surface area contributed by atoms with Crippen molar-refractivity contribution in [2.24, 2.45) is 5.16 Å². The topological polar surface area (TPSA) is 45.5 Å². The Hall–Kier alpha value is -1.29. The molecular formula is C10H10N2OS. The van der Waals surface area contributed by atoms with Gasteiger partial charge in [0.05, 0.1) is 11.9 Å². The van der Waals surface area contributed by atoms with Crippen LogP contribution in [0.15, 0.2) is 41.0 Å². The van der Waals surface area contributed by atoms with Gasteiger partial charge in [-0.25, -0.2) is 0 Å². The fourth-order valence-electron chi connectivity index (χ4n) is 1.46. The maximum atomic E-state index is 8.65. The summed E-state index contributed by atoms with van der Waals surface area (Å²) < 4.78 is -0.310. The van der Waals surface area contributed by atoms with Crippen LogP contribution in [0.25, 0.3) is 0 Å². The van der Waals surface area contributed by atoms with Crippen molar-refractivity contribution < 1.29 is 5.21 Å². The monoisotopic (exact) mass is 206 g/mol. The first-order chi connectivity index (χ1) is 6.87. The van der Waals surface area contributed by atoms with E-state index in [1.54, 1.807) is 24.2 Å². The van der Waals surface area contributed by atoms with Gasteiger partial charge in [-0.3, -0.25) is 4.98 Å². The van der Waals surface area contributed by atoms with Crippen LogP contribution in [0.4, 0.5) is 0 Å². The average Bonchev–Trinajstić information content (AvgIpc) is 2.70. The van der Waals surface area contributed by atoms with Crippen molar-refractivity contribution in [1.29, 1.82) is 0 Å². The molecule has 1 aliphatic heterocycles. The Kier molecular flexibility index (Phi) is 2.54. The zero-order chi connectivity index (χ0) is 9.86. The highest BCUT2D eigenvalue weighted by molar-refractivity contribution is 8.03. The smallest absolute Gasteiger partial charge is 0.104 e. The number of pyridine rings is 1. The van der Waals surface area contributed by atoms with Crippen LogP contribution in [0.3, 0.4) is 0 Å². The van der Waals surface area contributed by atoms with Gasteiger partial charge in [0, 0.05) is 6.20 Å². The van der Waals surface area contributed by atoms with Gasteiger partial charge in [-0.2, -0.15) is 0 Å². The molecule has 0 radical (unpaired) electrons. The van der Waals surface area contributed by atoms with Crippen molar-refractivity contribution in [3.8, 4) is 0 Å². The molecule has 1 aromatic heterocycles. The normalized spacial score (nSPS) is 26.0. The predicted molar refractivity (Wildman–Crippen MR) is 57.5 cm³/mol. The Bertz CT molecular complexity index is 354. The zero-order valence-electron chi connectivity index (χ0n) is 7.50. The molecule has 14 heavy (non-hydrogen) atoms. The van der Waals surface area contributed by atoms with Crippen molar-refractivity contribution in [3.05, 3.63) is 41.6 Å². The molecule has 1 atom stereocenters. The van der Waals surface area contributed by atoms with Crippen LogP contribution in [0.5, 0.6) is 0 Å². The van der Waals surface area contributed by atoms with Gasteiger partial charge in [-0.05, 0) is 24.0 Å². The highest BCUT2D eigenvalue weighted by Gasteiger charge is 2.33. The van der Waals surface area contributed by atoms with E-state index in [0.29, 0.717) is 0 Å². The molecule has 72 valence electrons. The fourth-order valence-corrected chi connectivity index (χ4v) is 2.44. The maximum Gasteiger partial charge on any atom is 0.104 e. The van der Waals surface area contributed by atoms with E-state index in [-0.39, 0.29) is 4.75 Å². The third-order valence-electron chi connectivity index (χ3n) is 2.16. The zero-order valence-corrected chi connectivity index (χ0v) is 8.31. The summed E-state index contributed by atoms with van der Waals surface area (Å²) in [4.78, 5) is 4.29. The van der Waals surface area contributed by atoms with Crippen molar-refractivity contribution in [1.82, 2.24) is 4.98 Å². The van der Waals surface area contributed by atoms with Gasteiger partial charge < -0.3 is 5.21 Å². The van der Waals surface area contributed by atoms with Gasteiger partial charge in [0.15, 0.2) is 0 Å². The third-order valence-corrected chi connectivity index (χ3v) is 3.39. The second kappa shape index (κ2) is 3.84. The molecule has 0 bridgehead atoms. The van der Waals surface area contributed by atoms with E-state index in [1.165, 1.54) is 0 Å². The molecule has 0 fully saturated rings. The minimum atomic E-state index is -0.310. The second-order valence-corrected chi connectivity index (χ2v) is 4.28. The third kappa shape index (κ3) is 1.53. The second-order valence-electron chi connectivity index (χ2n) is 3.04. The number of hydrogen-bond donors (Lipinski definition) is 1. The van der Waals surface area contributed by atoms with Crippen molar-refractivity contribution in [2.75, 3.05) is 0 Å². The first-order valence-corrected chi connectivity index (χ1v) is 5.18. The van der Waals surface area contributed by atoms with E-state index in [0.717, 1.165) is 12.1 Å². The summed E-state index contributed by atoms with van der Waals surface area (Å²) in [5.41, 5.74) is 0.924. The number of thioether (sulfide) groups is 1. The Morgan fingerprint density at radius 2 is 2.50 bits per heavy atom. The lowest BCUT2D eigenvalue weighted by molar-refractivity contribution is 0.319. The molecule has 2 heterocycles. The van der Waals surface area contributed by atoms with Gasteiger partial charge in [0.1, 0.15) is 4.75 Å². The average molecular weight is 206 g/mol. The lowest BCUT2D eigenvalue weighted by Gasteiger charge is -2.21. The number of rotatable bonds is 2. The minimum absolute atomic E-state index is 0.310. The summed E-state index contributed by atoms with van der Waals surface area (Å²) in [7, 11) is 0. The number of allylic oxidation sites excluding steroid dienone is 1. The Morgan fingerprint density at radius 3 is 3.07 bits per heavy atom. The number of nitrogens with zero attached hydrogens (tertiary/aromatic N) is 2. The van der Waals surface area contributed by atoms with Crippen LogP contribution < -0.4 is 0 Å². The summed E-state index contributed by atoms with van der Waals surface area (Å²) in [6.07, 6.45) is 6.17. The fraction of sp³-hybridized carbons (Fsp3) is 0.200. The molecular weight excluding hydrogens is 196 g/mol. The Labute approximate surface area is 86.5 Å². The molecule has 1 aliphatic rings. The Balaban J connectivity index is 2.37. The lowest BCUT2D eigenvalue weighted by atomic mass is 10.0. The summed E-state index contributed by atoms with van der Waals surface area (Å²) >= 11 is 1.62. The minimum Gasteiger partial charge on any atom is -0.411 e. The van der Waals surface area contributed by atoms with E-state index in [1.807, 2.05) is 23.6 Å². The van der Waals surface area contributed by atoms with Crippen molar-refractivity contribution in [2.45, 2.75) is 11.2 Å². The van der Waals surface area contributed by atoms with Crippen LogP contribution in [0.2, 0.25) is 0 Å². The summed E-state index contributed by atoms with van der Waals surface area (Å²) in [6, 6.07) is 5.76. The van der Waals surface area contributed by atoms with E-state index in [4.69, 9.17) is 5.21 Å². The van der Waals surface area contributed by atoms with Gasteiger partial charge >= 0.3 is 0 Å². The molecule has 3 nitrogen and oxygen atoms in total. The number of aromatic nitrogens is 1. The van der Waals surface area contributed by atoms with E-state index >= 15 is 0 Å². The van der Waals surface area contributed by atoms with Crippen LogP contribution >= 0.6 is 11.8 Å². The molecule has 0 amide bonds. The van der Waals surface area contributed by atoms with Crippen LogP contribution in [-0.2, 0) is 4.75 Å². The molecule has 0 aliphatic carbocycles. The standard InChI is InChI=1S/C10H10N2OS/c13-12-8-10(5-3-7-14-10)9-4-1-2-6-11-9/h1-4,6-8,13H,5H2. The molecule has 1 aromatic rings. The molecule has 0 aromatic carbocycles. The van der Waals surface area contributed by atoms with Crippen molar-refractivity contribution >= 4 is 18.0 Å². The van der Waals surface area contributed by atoms with Crippen LogP contribution in [-0.4, -0.2) is 16.4 Å². The number of oxime groups is 1. The Morgan fingerprint density at radius 1 is 1.57 bits per heavy atom. The van der Waals surface area contributed by atoms with Gasteiger partial charge in [-0.1, -0.05) is 12.1 Å². The molecule has 0 spiro atoms. The van der Waals surface area contributed by atoms with E-state index in [2.05, 4.69) is 16.2 Å². The molecule has 1 unspecified atom stereocenters. The maximum absolute atomic E-state index is 8.65. The van der Waals surface area contributed by atoms with Gasteiger partial charge in [-0.15, -0.1) is 16.9 Å². The van der Waals surface area contributed by atoms with E-state index < -0.39 is 0 Å². The first kappa shape index (κ1) is 9.27. The first-order valence-electron chi connectivity index (χ1n) is 4.30. The molecule has 0 saturated heterocycles. The van der Waals surface area contributed by atoms with Crippen LogP contribution in [0, 0.1) is 0 Å². The quantitative estimate of drug-likeness (QED) is 0.459. The highest BCUT2D eigenvalue weighted by atomic mass is 32.2. The molecule has 2 rings (SSSR count). The summed E-state index contributed by atoms with van der Waals surface area (Å²) in [6.45, 7) is 0. The largest absolute Gasteiger partial charge is 0.411 e. The van der Waals surface area contributed by atoms with Crippen molar-refractivity contribution in [3.63, 3.8) is 0 Å². The lowest BCUT2D eigenvalue weighted by Crippen LogP contribution is -2.21. The number of hydrogen-bond acceptors (Lipinski definition) is 4. The molecule has 4 heteroatoms. The SMILES string of the molecule is ON=CC1(c2ccccn2)CC=CS1. The van der Waals surface area contributed by atoms with Gasteiger partial charge in [0.2, 0.25) is 0 Å². The van der Waals surface area contributed by atoms with E-state index in [9.17, 15) is 0 Å². The van der Waals surface area contributed by atoms with Gasteiger partial charge in [0.25, 0.3) is 0 Å². The summed E-state index contributed by atoms with van der Waals surface area (Å²) in [5.74, 6) is 0. The predicted octanol–water partition coefficient (Wildman–Crippen LogP) is 2.39. The molecule has 0 saturated carbocycles. The molecule has 1 N–H and O–H groups in total. The highest BCUT2D eigenvalue weighted by Crippen LogP contribution is 2.42.